The van der Waals surface area contributed by atoms with Crippen molar-refractivity contribution in [2.24, 2.45) is 0 Å². The maximum Gasteiger partial charge on any atom is 0.0741 e. The monoisotopic (exact) mass is 303 g/mol. The van der Waals surface area contributed by atoms with Gasteiger partial charge < -0.3 is 10.4 Å². The number of benzene rings is 1. The van der Waals surface area contributed by atoms with Crippen LogP contribution in [0.2, 0.25) is 5.02 Å². The highest BCUT2D eigenvalue weighted by Crippen LogP contribution is 2.29. The zero-order chi connectivity index (χ0) is 11.5. The number of anilines is 1. The van der Waals surface area contributed by atoms with E-state index in [9.17, 15) is 5.11 Å². The van der Waals surface area contributed by atoms with Crippen molar-refractivity contribution in [2.75, 3.05) is 5.32 Å². The van der Waals surface area contributed by atoms with Crippen LogP contribution in [0.25, 0.3) is 0 Å². The van der Waals surface area contributed by atoms with Crippen molar-refractivity contribution < 1.29 is 5.11 Å². The van der Waals surface area contributed by atoms with E-state index in [-0.39, 0.29) is 12.1 Å². The van der Waals surface area contributed by atoms with Gasteiger partial charge in [0.25, 0.3) is 0 Å². The van der Waals surface area contributed by atoms with E-state index in [2.05, 4.69) is 21.2 Å². The van der Waals surface area contributed by atoms with Gasteiger partial charge in [0.05, 0.1) is 22.9 Å². The van der Waals surface area contributed by atoms with Gasteiger partial charge in [0.15, 0.2) is 0 Å². The molecule has 0 spiro atoms. The SMILES string of the molecule is O[C@@H]1CCCC[C@H]1Nc1cc(Br)ccc1Cl. The molecule has 0 unspecified atom stereocenters. The van der Waals surface area contributed by atoms with Crippen molar-refractivity contribution in [2.45, 2.75) is 37.8 Å². The van der Waals surface area contributed by atoms with Crippen LogP contribution in [-0.2, 0) is 0 Å². The Morgan fingerprint density at radius 1 is 1.31 bits per heavy atom. The summed E-state index contributed by atoms with van der Waals surface area (Å²) in [6, 6.07) is 5.83. The first-order valence-corrected chi connectivity index (χ1v) is 6.73. The maximum atomic E-state index is 9.87. The number of rotatable bonds is 2. The van der Waals surface area contributed by atoms with Gasteiger partial charge in [-0.3, -0.25) is 0 Å². The fraction of sp³-hybridized carbons (Fsp3) is 0.500. The van der Waals surface area contributed by atoms with E-state index in [0.717, 1.165) is 29.4 Å². The predicted octanol–water partition coefficient (Wildman–Crippen LogP) is 3.82. The topological polar surface area (TPSA) is 32.3 Å². The minimum atomic E-state index is -0.260. The van der Waals surface area contributed by atoms with E-state index in [1.165, 1.54) is 6.42 Å². The lowest BCUT2D eigenvalue weighted by atomic mass is 9.92. The smallest absolute Gasteiger partial charge is 0.0741 e. The van der Waals surface area contributed by atoms with E-state index in [1.807, 2.05) is 18.2 Å². The van der Waals surface area contributed by atoms with Crippen LogP contribution in [0.1, 0.15) is 25.7 Å². The fourth-order valence-electron chi connectivity index (χ4n) is 2.09. The highest BCUT2D eigenvalue weighted by molar-refractivity contribution is 9.10. The van der Waals surface area contributed by atoms with Crippen LogP contribution in [-0.4, -0.2) is 17.3 Å². The zero-order valence-electron chi connectivity index (χ0n) is 8.92. The van der Waals surface area contributed by atoms with E-state index in [1.54, 1.807) is 0 Å². The van der Waals surface area contributed by atoms with Gasteiger partial charge in [0, 0.05) is 4.47 Å². The first kappa shape index (κ1) is 12.2. The number of hydrogen-bond donors (Lipinski definition) is 2. The van der Waals surface area contributed by atoms with Crippen LogP contribution in [0.3, 0.4) is 0 Å². The van der Waals surface area contributed by atoms with Crippen molar-refractivity contribution >= 4 is 33.2 Å². The molecular weight excluding hydrogens is 289 g/mol. The molecule has 0 bridgehead atoms. The van der Waals surface area contributed by atoms with Gasteiger partial charge in [-0.15, -0.1) is 0 Å². The molecule has 0 amide bonds. The predicted molar refractivity (Wildman–Crippen MR) is 71.0 cm³/mol. The summed E-state index contributed by atoms with van der Waals surface area (Å²) in [5.74, 6) is 0. The normalized spacial score (nSPS) is 25.4. The van der Waals surface area contributed by atoms with Gasteiger partial charge in [0.2, 0.25) is 0 Å². The Hall–Kier alpha value is -0.250. The minimum Gasteiger partial charge on any atom is -0.391 e. The van der Waals surface area contributed by atoms with Crippen molar-refractivity contribution in [3.63, 3.8) is 0 Å². The molecule has 2 atom stereocenters. The van der Waals surface area contributed by atoms with E-state index in [4.69, 9.17) is 11.6 Å². The van der Waals surface area contributed by atoms with Gasteiger partial charge >= 0.3 is 0 Å². The van der Waals surface area contributed by atoms with Gasteiger partial charge in [-0.05, 0) is 31.0 Å². The highest BCUT2D eigenvalue weighted by atomic mass is 79.9. The highest BCUT2D eigenvalue weighted by Gasteiger charge is 2.23. The summed E-state index contributed by atoms with van der Waals surface area (Å²) in [7, 11) is 0. The lowest BCUT2D eigenvalue weighted by molar-refractivity contribution is 0.116. The number of hydrogen-bond acceptors (Lipinski definition) is 2. The molecule has 0 aliphatic heterocycles. The second-order valence-corrected chi connectivity index (χ2v) is 5.55. The van der Waals surface area contributed by atoms with Crippen LogP contribution in [0.15, 0.2) is 22.7 Å². The van der Waals surface area contributed by atoms with E-state index in [0.29, 0.717) is 5.02 Å². The Morgan fingerprint density at radius 2 is 2.06 bits per heavy atom. The van der Waals surface area contributed by atoms with Crippen LogP contribution < -0.4 is 5.32 Å². The van der Waals surface area contributed by atoms with Crippen molar-refractivity contribution in [3.8, 4) is 0 Å². The number of halogens is 2. The number of nitrogens with one attached hydrogen (secondary N) is 1. The summed E-state index contributed by atoms with van der Waals surface area (Å²) >= 11 is 9.51. The molecule has 2 nitrogen and oxygen atoms in total. The molecule has 1 aromatic carbocycles. The summed E-state index contributed by atoms with van der Waals surface area (Å²) in [5.41, 5.74) is 0.891. The Kier molecular flexibility index (Phi) is 4.11. The average Bonchev–Trinajstić information content (AvgIpc) is 2.27. The minimum absolute atomic E-state index is 0.126. The molecule has 1 fully saturated rings. The van der Waals surface area contributed by atoms with Crippen LogP contribution >= 0.6 is 27.5 Å². The van der Waals surface area contributed by atoms with Crippen molar-refractivity contribution in [1.29, 1.82) is 0 Å². The largest absolute Gasteiger partial charge is 0.391 e. The van der Waals surface area contributed by atoms with Crippen LogP contribution in [0.5, 0.6) is 0 Å². The Labute approximate surface area is 109 Å². The Morgan fingerprint density at radius 3 is 2.81 bits per heavy atom. The average molecular weight is 305 g/mol. The third kappa shape index (κ3) is 2.90. The van der Waals surface area contributed by atoms with Crippen LogP contribution in [0, 0.1) is 0 Å². The Balaban J connectivity index is 2.10. The number of aliphatic hydroxyl groups excluding tert-OH is 1. The molecule has 0 radical (unpaired) electrons. The van der Waals surface area contributed by atoms with Gasteiger partial charge in [-0.1, -0.05) is 40.4 Å². The molecule has 0 heterocycles. The van der Waals surface area contributed by atoms with E-state index < -0.39 is 0 Å². The lowest BCUT2D eigenvalue weighted by Gasteiger charge is -2.29. The maximum absolute atomic E-state index is 9.87. The zero-order valence-corrected chi connectivity index (χ0v) is 11.3. The quantitative estimate of drug-likeness (QED) is 0.870. The second kappa shape index (κ2) is 5.39. The standard InChI is InChI=1S/C12H15BrClNO/c13-8-5-6-9(14)11(7-8)15-10-3-1-2-4-12(10)16/h5-7,10,12,15-16H,1-4H2/t10-,12-/m1/s1. The molecule has 2 N–H and O–H groups in total. The molecule has 1 saturated carbocycles. The van der Waals surface area contributed by atoms with Gasteiger partial charge in [-0.2, -0.15) is 0 Å². The molecule has 0 aromatic heterocycles. The third-order valence-corrected chi connectivity index (χ3v) is 3.82. The summed E-state index contributed by atoms with van der Waals surface area (Å²) in [6.45, 7) is 0. The molecule has 1 aliphatic carbocycles. The molecule has 2 rings (SSSR count). The van der Waals surface area contributed by atoms with E-state index >= 15 is 0 Å². The molecule has 1 aromatic rings. The fourth-order valence-corrected chi connectivity index (χ4v) is 2.62. The van der Waals surface area contributed by atoms with Crippen molar-refractivity contribution in [1.82, 2.24) is 0 Å². The first-order chi connectivity index (χ1) is 7.66. The van der Waals surface area contributed by atoms with Gasteiger partial charge in [-0.25, -0.2) is 0 Å². The molecule has 1 aliphatic rings. The molecule has 88 valence electrons. The first-order valence-electron chi connectivity index (χ1n) is 5.56. The molecule has 0 saturated heterocycles. The Bertz CT molecular complexity index is 372. The lowest BCUT2D eigenvalue weighted by Crippen LogP contribution is -2.36. The summed E-state index contributed by atoms with van der Waals surface area (Å²) < 4.78 is 0.990. The molecule has 16 heavy (non-hydrogen) atoms. The number of aliphatic hydroxyl groups is 1. The van der Waals surface area contributed by atoms with Crippen molar-refractivity contribution in [3.05, 3.63) is 27.7 Å². The van der Waals surface area contributed by atoms with Gasteiger partial charge in [0.1, 0.15) is 0 Å². The summed E-state index contributed by atoms with van der Waals surface area (Å²) in [4.78, 5) is 0. The van der Waals surface area contributed by atoms with Crippen LogP contribution in [0.4, 0.5) is 5.69 Å². The summed E-state index contributed by atoms with van der Waals surface area (Å²) in [5, 5.41) is 13.9. The second-order valence-electron chi connectivity index (χ2n) is 4.23. The molecule has 4 heteroatoms. The third-order valence-electron chi connectivity index (χ3n) is 3.00. The molecular formula is C12H15BrClNO. The summed E-state index contributed by atoms with van der Waals surface area (Å²) in [6.07, 6.45) is 3.91.